The van der Waals surface area contributed by atoms with E-state index in [1.54, 1.807) is 86.7 Å². The molecule has 2 unspecified atom stereocenters. The summed E-state index contributed by atoms with van der Waals surface area (Å²) in [5, 5.41) is 23.5. The summed E-state index contributed by atoms with van der Waals surface area (Å²) in [5.41, 5.74) is 4.70. The normalized spacial score (nSPS) is 19.4. The predicted octanol–water partition coefficient (Wildman–Crippen LogP) is 9.80. The van der Waals surface area contributed by atoms with Gasteiger partial charge >= 0.3 is 13.2 Å². The van der Waals surface area contributed by atoms with Crippen LogP contribution in [0.4, 0.5) is 4.79 Å². The first-order valence-corrected chi connectivity index (χ1v) is 29.6. The molecule has 20 heteroatoms. The maximum atomic E-state index is 12.7. The van der Waals surface area contributed by atoms with Gasteiger partial charge in [-0.2, -0.15) is 0 Å². The zero-order valence-corrected chi connectivity index (χ0v) is 51.6. The van der Waals surface area contributed by atoms with Crippen molar-refractivity contribution in [3.05, 3.63) is 143 Å². The first-order valence-electron chi connectivity index (χ1n) is 29.6. The molecule has 5 aliphatic rings. The molecule has 10 rings (SSSR count). The molecule has 0 radical (unpaired) electrons. The van der Waals surface area contributed by atoms with Crippen molar-refractivity contribution in [2.45, 2.75) is 138 Å². The number of rotatable bonds is 12. The lowest BCUT2D eigenvalue weighted by Gasteiger charge is -2.34. The number of phenolic OH excluding ortho intramolecular Hbond substituents is 2. The second-order valence-corrected chi connectivity index (χ2v) is 23.8. The number of hydrogen-bond acceptors (Lipinski definition) is 15. The molecule has 460 valence electrons. The fourth-order valence-corrected chi connectivity index (χ4v) is 10.7. The molecule has 8 heterocycles. The van der Waals surface area contributed by atoms with Gasteiger partial charge in [-0.1, -0.05) is 25.6 Å². The number of amides is 4. The largest absolute Gasteiger partial charge is 0.508 e. The van der Waals surface area contributed by atoms with Crippen LogP contribution in [0.15, 0.2) is 104 Å². The van der Waals surface area contributed by atoms with Gasteiger partial charge in [-0.3, -0.25) is 29.3 Å². The molecule has 86 heavy (non-hydrogen) atoms. The van der Waals surface area contributed by atoms with Crippen molar-refractivity contribution in [3.63, 3.8) is 0 Å². The van der Waals surface area contributed by atoms with Crippen LogP contribution in [-0.2, 0) is 14.0 Å². The second-order valence-electron chi connectivity index (χ2n) is 23.8. The van der Waals surface area contributed by atoms with Gasteiger partial charge in [0.25, 0.3) is 17.7 Å². The Kier molecular flexibility index (Phi) is 20.5. The molecule has 5 aromatic rings. The number of hydrogen-bond donors (Lipinski definition) is 3. The molecule has 3 N–H and O–H groups in total. The van der Waals surface area contributed by atoms with Gasteiger partial charge in [0.2, 0.25) is 0 Å². The van der Waals surface area contributed by atoms with Crippen LogP contribution in [0, 0.1) is 0 Å². The van der Waals surface area contributed by atoms with Crippen molar-refractivity contribution in [1.29, 1.82) is 0 Å². The van der Waals surface area contributed by atoms with E-state index < -0.39 is 23.9 Å². The highest BCUT2D eigenvalue weighted by atomic mass is 16.7. The fourth-order valence-electron chi connectivity index (χ4n) is 10.7. The zero-order chi connectivity index (χ0) is 61.6. The lowest BCUT2D eigenvalue weighted by molar-refractivity contribution is 0.00578. The number of carbonyl (C=O) groups excluding carboxylic acids is 4. The van der Waals surface area contributed by atoms with E-state index in [2.05, 4.69) is 26.3 Å². The molecule has 4 amide bonds. The Balaban J connectivity index is 0.000000188. The van der Waals surface area contributed by atoms with Gasteiger partial charge in [0, 0.05) is 112 Å². The van der Waals surface area contributed by atoms with Gasteiger partial charge in [0.1, 0.15) is 56.9 Å². The van der Waals surface area contributed by atoms with Crippen molar-refractivity contribution in [1.82, 2.24) is 39.9 Å². The second kappa shape index (κ2) is 26.9. The van der Waals surface area contributed by atoms with E-state index in [1.165, 1.54) is 0 Å². The minimum absolute atomic E-state index is 0. The summed E-state index contributed by atoms with van der Waals surface area (Å²) < 4.78 is 30.2. The molecule has 19 nitrogen and oxygen atoms in total. The van der Waals surface area contributed by atoms with Gasteiger partial charge < -0.3 is 58.6 Å². The van der Waals surface area contributed by atoms with Gasteiger partial charge in [0.15, 0.2) is 0 Å². The maximum Gasteiger partial charge on any atom is 0.496 e. The molecular weight excluding hydrogens is 1090 g/mol. The summed E-state index contributed by atoms with van der Waals surface area (Å²) in [5.74, 6) is 1.46. The number of ether oxygens (including phenoxy) is 3. The number of likely N-dealkylation sites (tertiary alicyclic amines) is 1. The molecule has 5 aliphatic heterocycles. The summed E-state index contributed by atoms with van der Waals surface area (Å²) in [7, 11) is -0.449. The number of nitrogens with zero attached hydrogens (tertiary/aromatic N) is 7. The fraction of sp³-hybridized carbons (Fsp3) is 0.470. The van der Waals surface area contributed by atoms with Crippen molar-refractivity contribution in [3.8, 4) is 23.0 Å². The first-order chi connectivity index (χ1) is 40.3. The standard InChI is InChI=1S/C27H33N3O5.C22H25N3O3.C16H25BN2O3.CH4/c1-6-29(7-2)24(32)22-10-8-18(16-28-22)21-15-27(34-23-11-9-19(31)14-20(21)23)12-13-30(17-27)25(33)35-26(3,4)5;1-3-25(4-2)21(27)19-7-5-15(13-24-19)18-12-22(9-10-23-14-22)28-20-8-6-16(26)11-17(18)20;1-7-19(8-2)14(20)13-10-9-12(11-18-13)17-21-15(3,4)16(5,6)22-17;/h8-11,14-16,31H,6-7,12-13,17H2,1-5H3;5-8,11-13,23,26H,3-4,9-10,14H2,1-2H3;9-11H,7-8H2,1-6H3;1H4. The minimum atomic E-state index is -0.730. The average molecular weight is 1180 g/mol. The molecule has 3 aromatic heterocycles. The first kappa shape index (κ1) is 65.7. The number of carbonyl (C=O) groups is 4. The molecule has 2 aromatic carbocycles. The van der Waals surface area contributed by atoms with Gasteiger partial charge in [0.05, 0.1) is 17.7 Å². The molecule has 3 fully saturated rings. The van der Waals surface area contributed by atoms with Crippen LogP contribution in [0.2, 0.25) is 0 Å². The number of pyridine rings is 3. The monoisotopic (exact) mass is 1180 g/mol. The molecular formula is C66H87BN8O11. The van der Waals surface area contributed by atoms with E-state index in [-0.39, 0.29) is 53.9 Å². The zero-order valence-electron chi connectivity index (χ0n) is 51.6. The summed E-state index contributed by atoms with van der Waals surface area (Å²) in [6.07, 6.45) is 10.3. The maximum absolute atomic E-state index is 12.7. The molecule has 2 spiro atoms. The quantitative estimate of drug-likeness (QED) is 0.0991. The molecule has 2 atom stereocenters. The van der Waals surface area contributed by atoms with Crippen molar-refractivity contribution < 1.29 is 52.9 Å². The third-order valence-electron chi connectivity index (χ3n) is 16.3. The Morgan fingerprint density at radius 3 is 1.43 bits per heavy atom. The number of phenols is 2. The minimum Gasteiger partial charge on any atom is -0.508 e. The smallest absolute Gasteiger partial charge is 0.496 e. The highest BCUT2D eigenvalue weighted by Crippen LogP contribution is 2.45. The molecule has 0 saturated carbocycles. The van der Waals surface area contributed by atoms with Crippen molar-refractivity contribution >= 4 is 47.5 Å². The molecule has 0 bridgehead atoms. The summed E-state index contributed by atoms with van der Waals surface area (Å²) in [6, 6.07) is 21.0. The Morgan fingerprint density at radius 2 is 1.05 bits per heavy atom. The Labute approximate surface area is 507 Å². The van der Waals surface area contributed by atoms with Crippen LogP contribution < -0.4 is 20.3 Å². The van der Waals surface area contributed by atoms with E-state index in [0.717, 1.165) is 64.1 Å². The van der Waals surface area contributed by atoms with E-state index in [9.17, 15) is 29.4 Å². The number of benzene rings is 2. The van der Waals surface area contributed by atoms with E-state index in [4.69, 9.17) is 23.5 Å². The third kappa shape index (κ3) is 14.5. The summed E-state index contributed by atoms with van der Waals surface area (Å²) in [4.78, 5) is 70.2. The van der Waals surface area contributed by atoms with E-state index in [1.807, 2.05) is 120 Å². The number of fused-ring (bicyclic) bond motifs is 2. The molecule has 0 aliphatic carbocycles. The van der Waals surface area contributed by atoms with Crippen LogP contribution in [0.3, 0.4) is 0 Å². The SMILES string of the molecule is C.CCN(CC)C(=O)c1ccc(B2OC(C)(C)C(C)(C)O2)cn1.CCN(CC)C(=O)c1ccc(C2=CC3(CCN(C(=O)OC(C)(C)C)C3)Oc3ccc(O)cc32)cn1.CCN(CC)C(=O)c1ccc(C2=CC3(CCNC3)Oc3ccc(O)cc32)cn1. The topological polar surface area (TPSA) is 219 Å². The van der Waals surface area contributed by atoms with Crippen LogP contribution in [0.5, 0.6) is 23.0 Å². The van der Waals surface area contributed by atoms with Gasteiger partial charge in [-0.15, -0.1) is 0 Å². The van der Waals surface area contributed by atoms with Crippen LogP contribution >= 0.6 is 0 Å². The van der Waals surface area contributed by atoms with Crippen LogP contribution in [0.1, 0.15) is 164 Å². The number of nitrogens with one attached hydrogen (secondary N) is 1. The Hall–Kier alpha value is -7.81. The van der Waals surface area contributed by atoms with Gasteiger partial charge in [-0.05, 0) is 174 Å². The summed E-state index contributed by atoms with van der Waals surface area (Å²) in [6.45, 7) is 31.7. The highest BCUT2D eigenvalue weighted by molar-refractivity contribution is 6.62. The summed E-state index contributed by atoms with van der Waals surface area (Å²) >= 11 is 0. The van der Waals surface area contributed by atoms with E-state index >= 15 is 0 Å². The van der Waals surface area contributed by atoms with E-state index in [0.29, 0.717) is 81.6 Å². The third-order valence-corrected chi connectivity index (χ3v) is 16.3. The van der Waals surface area contributed by atoms with Crippen molar-refractivity contribution in [2.75, 3.05) is 65.4 Å². The predicted molar refractivity (Wildman–Crippen MR) is 334 cm³/mol. The lowest BCUT2D eigenvalue weighted by atomic mass is 9.80. The molecule has 3 saturated heterocycles. The lowest BCUT2D eigenvalue weighted by Crippen LogP contribution is -2.42. The van der Waals surface area contributed by atoms with Crippen molar-refractivity contribution in [2.24, 2.45) is 0 Å². The Bertz CT molecular complexity index is 3260. The van der Waals surface area contributed by atoms with Crippen LogP contribution in [-0.4, -0.2) is 169 Å². The van der Waals surface area contributed by atoms with Crippen LogP contribution in [0.25, 0.3) is 11.1 Å². The van der Waals surface area contributed by atoms with Gasteiger partial charge in [-0.25, -0.2) is 4.79 Å². The Morgan fingerprint density at radius 1 is 0.616 bits per heavy atom. The average Bonchev–Trinajstić information content (AvgIpc) is 1.44. The number of aromatic hydroxyl groups is 2. The number of aromatic nitrogens is 3. The highest BCUT2D eigenvalue weighted by Gasteiger charge is 2.52.